The van der Waals surface area contributed by atoms with E-state index in [0.717, 1.165) is 17.8 Å². The van der Waals surface area contributed by atoms with Crippen LogP contribution >= 0.6 is 0 Å². The lowest BCUT2D eigenvalue weighted by atomic mass is 10.1. The second kappa shape index (κ2) is 7.91. The number of morpholine rings is 1. The highest BCUT2D eigenvalue weighted by molar-refractivity contribution is 5.94. The summed E-state index contributed by atoms with van der Waals surface area (Å²) in [6.07, 6.45) is 0.487. The zero-order valence-corrected chi connectivity index (χ0v) is 12.9. The average Bonchev–Trinajstić information content (AvgIpc) is 2.48. The van der Waals surface area contributed by atoms with Crippen LogP contribution in [0.5, 0.6) is 0 Å². The SMILES string of the molecule is Cc1cccc(N(CCC(N)=O)C(=O)CC2COCCN2)c1. The first-order valence-electron chi connectivity index (χ1n) is 7.52. The molecule has 3 N–H and O–H groups in total. The molecule has 1 unspecified atom stereocenters. The lowest BCUT2D eigenvalue weighted by molar-refractivity contribution is -0.120. The maximum Gasteiger partial charge on any atom is 0.228 e. The van der Waals surface area contributed by atoms with Crippen LogP contribution in [0.3, 0.4) is 0 Å². The molecule has 0 saturated carbocycles. The minimum Gasteiger partial charge on any atom is -0.378 e. The summed E-state index contributed by atoms with van der Waals surface area (Å²) in [4.78, 5) is 25.3. The van der Waals surface area contributed by atoms with Gasteiger partial charge in [0.15, 0.2) is 0 Å². The van der Waals surface area contributed by atoms with Crippen molar-refractivity contribution in [1.29, 1.82) is 0 Å². The molecule has 1 heterocycles. The van der Waals surface area contributed by atoms with Gasteiger partial charge in [-0.3, -0.25) is 9.59 Å². The normalized spacial score (nSPS) is 18.0. The van der Waals surface area contributed by atoms with E-state index in [9.17, 15) is 9.59 Å². The molecule has 6 heteroatoms. The molecule has 1 aromatic carbocycles. The number of nitrogens with two attached hydrogens (primary N) is 1. The number of hydrogen-bond donors (Lipinski definition) is 2. The summed E-state index contributed by atoms with van der Waals surface area (Å²) in [7, 11) is 0. The van der Waals surface area contributed by atoms with Crippen molar-refractivity contribution in [3.63, 3.8) is 0 Å². The largest absolute Gasteiger partial charge is 0.378 e. The molecule has 22 heavy (non-hydrogen) atoms. The number of amides is 2. The molecular weight excluding hydrogens is 282 g/mol. The number of anilines is 1. The van der Waals surface area contributed by atoms with Crippen molar-refractivity contribution in [2.45, 2.75) is 25.8 Å². The first-order valence-corrected chi connectivity index (χ1v) is 7.52. The number of carbonyl (C=O) groups excluding carboxylic acids is 2. The van der Waals surface area contributed by atoms with Crippen LogP contribution in [0.25, 0.3) is 0 Å². The van der Waals surface area contributed by atoms with Gasteiger partial charge in [-0.25, -0.2) is 0 Å². The Morgan fingerprint density at radius 1 is 1.45 bits per heavy atom. The summed E-state index contributed by atoms with van der Waals surface area (Å²) in [5, 5.41) is 3.27. The van der Waals surface area contributed by atoms with E-state index in [0.29, 0.717) is 26.2 Å². The van der Waals surface area contributed by atoms with E-state index >= 15 is 0 Å². The molecule has 2 amide bonds. The Labute approximate surface area is 130 Å². The maximum atomic E-state index is 12.6. The zero-order chi connectivity index (χ0) is 15.9. The van der Waals surface area contributed by atoms with Crippen LogP contribution in [-0.4, -0.2) is 44.2 Å². The molecule has 0 radical (unpaired) electrons. The number of nitrogens with zero attached hydrogens (tertiary/aromatic N) is 1. The Bertz CT molecular complexity index is 527. The van der Waals surface area contributed by atoms with Gasteiger partial charge in [0.2, 0.25) is 11.8 Å². The van der Waals surface area contributed by atoms with Crippen LogP contribution in [0.2, 0.25) is 0 Å². The standard InChI is InChI=1S/C16H23N3O3/c1-12-3-2-4-14(9-12)19(7-5-15(17)20)16(21)10-13-11-22-8-6-18-13/h2-4,9,13,18H,5-8,10-11H2,1H3,(H2,17,20). The number of nitrogens with one attached hydrogen (secondary N) is 1. The molecule has 120 valence electrons. The highest BCUT2D eigenvalue weighted by atomic mass is 16.5. The van der Waals surface area contributed by atoms with Gasteiger partial charge in [-0.05, 0) is 24.6 Å². The van der Waals surface area contributed by atoms with Gasteiger partial charge in [-0.2, -0.15) is 0 Å². The fraction of sp³-hybridized carbons (Fsp3) is 0.500. The molecule has 0 aromatic heterocycles. The van der Waals surface area contributed by atoms with Gasteiger partial charge in [0.25, 0.3) is 0 Å². The van der Waals surface area contributed by atoms with Crippen LogP contribution in [0.4, 0.5) is 5.69 Å². The van der Waals surface area contributed by atoms with E-state index in [1.165, 1.54) is 0 Å². The molecular formula is C16H23N3O3. The van der Waals surface area contributed by atoms with E-state index < -0.39 is 5.91 Å². The molecule has 6 nitrogen and oxygen atoms in total. The van der Waals surface area contributed by atoms with Crippen molar-refractivity contribution >= 4 is 17.5 Å². The Morgan fingerprint density at radius 3 is 2.91 bits per heavy atom. The minimum atomic E-state index is -0.412. The number of primary amides is 1. The number of hydrogen-bond acceptors (Lipinski definition) is 4. The number of benzene rings is 1. The van der Waals surface area contributed by atoms with Gasteiger partial charge in [-0.15, -0.1) is 0 Å². The fourth-order valence-corrected chi connectivity index (χ4v) is 2.49. The second-order valence-electron chi connectivity index (χ2n) is 5.53. The molecule has 2 rings (SSSR count). The average molecular weight is 305 g/mol. The Kier molecular flexibility index (Phi) is 5.91. The van der Waals surface area contributed by atoms with Gasteiger partial charge >= 0.3 is 0 Å². The highest BCUT2D eigenvalue weighted by Crippen LogP contribution is 2.18. The number of rotatable bonds is 6. The van der Waals surface area contributed by atoms with Gasteiger partial charge in [0.05, 0.1) is 13.2 Å². The maximum absolute atomic E-state index is 12.6. The van der Waals surface area contributed by atoms with Gasteiger partial charge < -0.3 is 20.7 Å². The van der Waals surface area contributed by atoms with Crippen molar-refractivity contribution in [2.75, 3.05) is 31.2 Å². The predicted octanol–water partition coefficient (Wildman–Crippen LogP) is 0.582. The fourth-order valence-electron chi connectivity index (χ4n) is 2.49. The van der Waals surface area contributed by atoms with Gasteiger partial charge in [0, 0.05) is 37.7 Å². The summed E-state index contributed by atoms with van der Waals surface area (Å²) >= 11 is 0. The van der Waals surface area contributed by atoms with Crippen LogP contribution in [-0.2, 0) is 14.3 Å². The number of carbonyl (C=O) groups is 2. The summed E-state index contributed by atoms with van der Waals surface area (Å²) in [5.74, 6) is -0.445. The second-order valence-corrected chi connectivity index (χ2v) is 5.53. The molecule has 1 saturated heterocycles. The lowest BCUT2D eigenvalue weighted by Crippen LogP contribution is -2.45. The molecule has 1 atom stereocenters. The Balaban J connectivity index is 2.08. The molecule has 0 aliphatic carbocycles. The third-order valence-electron chi connectivity index (χ3n) is 3.62. The predicted molar refractivity (Wildman–Crippen MR) is 84.6 cm³/mol. The van der Waals surface area contributed by atoms with E-state index in [-0.39, 0.29) is 18.4 Å². The summed E-state index contributed by atoms with van der Waals surface area (Å²) < 4.78 is 5.38. The lowest BCUT2D eigenvalue weighted by Gasteiger charge is -2.28. The van der Waals surface area contributed by atoms with Crippen LogP contribution in [0, 0.1) is 6.92 Å². The van der Waals surface area contributed by atoms with Crippen LogP contribution < -0.4 is 16.0 Å². The third-order valence-corrected chi connectivity index (χ3v) is 3.62. The van der Waals surface area contributed by atoms with Crippen molar-refractivity contribution < 1.29 is 14.3 Å². The number of aryl methyl sites for hydroxylation is 1. The minimum absolute atomic E-state index is 0.0159. The first kappa shape index (κ1) is 16.5. The Morgan fingerprint density at radius 2 is 2.27 bits per heavy atom. The van der Waals surface area contributed by atoms with Crippen molar-refractivity contribution in [2.24, 2.45) is 5.73 Å². The highest BCUT2D eigenvalue weighted by Gasteiger charge is 2.22. The van der Waals surface area contributed by atoms with Gasteiger partial charge in [-0.1, -0.05) is 12.1 Å². The molecule has 0 bridgehead atoms. The van der Waals surface area contributed by atoms with Crippen molar-refractivity contribution in [3.05, 3.63) is 29.8 Å². The van der Waals surface area contributed by atoms with Gasteiger partial charge in [0.1, 0.15) is 0 Å². The molecule has 0 spiro atoms. The summed E-state index contributed by atoms with van der Waals surface area (Å²) in [6.45, 7) is 4.23. The van der Waals surface area contributed by atoms with Crippen molar-refractivity contribution in [3.8, 4) is 0 Å². The van der Waals surface area contributed by atoms with E-state index in [1.54, 1.807) is 4.90 Å². The van der Waals surface area contributed by atoms with E-state index in [1.807, 2.05) is 31.2 Å². The van der Waals surface area contributed by atoms with Crippen LogP contribution in [0.15, 0.2) is 24.3 Å². The third kappa shape index (κ3) is 4.82. The quantitative estimate of drug-likeness (QED) is 0.805. The Hall–Kier alpha value is -1.92. The topological polar surface area (TPSA) is 84.7 Å². The summed E-state index contributed by atoms with van der Waals surface area (Å²) in [6, 6.07) is 7.69. The molecule has 1 fully saturated rings. The zero-order valence-electron chi connectivity index (χ0n) is 12.9. The van der Waals surface area contributed by atoms with Crippen LogP contribution in [0.1, 0.15) is 18.4 Å². The smallest absolute Gasteiger partial charge is 0.228 e. The molecule has 1 aliphatic rings. The molecule has 1 aromatic rings. The van der Waals surface area contributed by atoms with E-state index in [4.69, 9.17) is 10.5 Å². The van der Waals surface area contributed by atoms with Crippen molar-refractivity contribution in [1.82, 2.24) is 5.32 Å². The number of ether oxygens (including phenoxy) is 1. The van der Waals surface area contributed by atoms with E-state index in [2.05, 4.69) is 5.32 Å². The monoisotopic (exact) mass is 305 g/mol. The summed E-state index contributed by atoms with van der Waals surface area (Å²) in [5.41, 5.74) is 7.08. The molecule has 1 aliphatic heterocycles. The first-order chi connectivity index (χ1) is 10.6.